The molecule has 32 heavy (non-hydrogen) atoms. The summed E-state index contributed by atoms with van der Waals surface area (Å²) in [5.41, 5.74) is 4.88. The lowest BCUT2D eigenvalue weighted by Gasteiger charge is -2.33. The van der Waals surface area contributed by atoms with Gasteiger partial charge in [-0.2, -0.15) is 0 Å². The van der Waals surface area contributed by atoms with Crippen LogP contribution in [0.4, 0.5) is 10.5 Å². The van der Waals surface area contributed by atoms with Crippen LogP contribution >= 0.6 is 0 Å². The van der Waals surface area contributed by atoms with Gasteiger partial charge in [0.25, 0.3) is 0 Å². The Kier molecular flexibility index (Phi) is 5.61. The number of imidazole rings is 1. The number of nitrogens with zero attached hydrogens (tertiary/aromatic N) is 3. The Morgan fingerprint density at radius 3 is 2.66 bits per heavy atom. The smallest absolute Gasteiger partial charge is 0.412 e. The van der Waals surface area contributed by atoms with E-state index in [9.17, 15) is 15.0 Å². The van der Waals surface area contributed by atoms with Crippen molar-refractivity contribution in [3.63, 3.8) is 0 Å². The van der Waals surface area contributed by atoms with Gasteiger partial charge in [-0.15, -0.1) is 0 Å². The predicted molar refractivity (Wildman–Crippen MR) is 122 cm³/mol. The summed E-state index contributed by atoms with van der Waals surface area (Å²) in [5, 5.41) is 19.3. The Bertz CT molecular complexity index is 1120. The van der Waals surface area contributed by atoms with E-state index in [4.69, 9.17) is 9.72 Å². The molecule has 1 fully saturated rings. The lowest BCUT2D eigenvalue weighted by molar-refractivity contribution is -0.0386. The van der Waals surface area contributed by atoms with Crippen molar-refractivity contribution >= 4 is 22.8 Å². The highest BCUT2D eigenvalue weighted by molar-refractivity contribution is 5.94. The molecule has 0 bridgehead atoms. The summed E-state index contributed by atoms with van der Waals surface area (Å²) in [4.78, 5) is 18.5. The first-order chi connectivity index (χ1) is 15.6. The van der Waals surface area contributed by atoms with Crippen molar-refractivity contribution in [2.75, 3.05) is 18.1 Å². The largest absolute Gasteiger partial charge is 0.465 e. The number of aryl methyl sites for hydroxylation is 1. The zero-order valence-electron chi connectivity index (χ0n) is 18.3. The zero-order valence-corrected chi connectivity index (χ0v) is 18.3. The molecule has 2 N–H and O–H groups in total. The number of aromatic nitrogens is 2. The molecule has 1 saturated heterocycles. The first kappa shape index (κ1) is 21.0. The fraction of sp³-hybridized carbons (Fsp3) is 0.440. The maximum atomic E-state index is 11.9. The minimum Gasteiger partial charge on any atom is -0.465 e. The van der Waals surface area contributed by atoms with Gasteiger partial charge in [-0.25, -0.2) is 9.78 Å². The number of carboxylic acid groups (broad SMARTS) is 1. The van der Waals surface area contributed by atoms with Crippen molar-refractivity contribution in [3.05, 3.63) is 59.4 Å². The molecule has 1 aromatic heterocycles. The van der Waals surface area contributed by atoms with Gasteiger partial charge in [-0.05, 0) is 50.3 Å². The average molecular weight is 436 g/mol. The monoisotopic (exact) mass is 435 g/mol. The number of rotatable bonds is 4. The summed E-state index contributed by atoms with van der Waals surface area (Å²) < 4.78 is 8.20. The van der Waals surface area contributed by atoms with E-state index in [1.54, 1.807) is 0 Å². The first-order valence-electron chi connectivity index (χ1n) is 11.4. The molecule has 2 aromatic carbocycles. The highest BCUT2D eigenvalue weighted by atomic mass is 16.5. The number of fused-ring (bicyclic) bond motifs is 3. The molecule has 7 nitrogen and oxygen atoms in total. The average Bonchev–Trinajstić information content (AvgIpc) is 3.17. The van der Waals surface area contributed by atoms with Crippen molar-refractivity contribution in [2.24, 2.45) is 0 Å². The summed E-state index contributed by atoms with van der Waals surface area (Å²) >= 11 is 0. The number of carbonyl (C=O) groups is 1. The van der Waals surface area contributed by atoms with Crippen LogP contribution in [0, 0.1) is 0 Å². The van der Waals surface area contributed by atoms with Crippen molar-refractivity contribution < 1.29 is 19.7 Å². The maximum Gasteiger partial charge on any atom is 0.412 e. The fourth-order valence-electron chi connectivity index (χ4n) is 5.19. The van der Waals surface area contributed by atoms with Crippen LogP contribution in [0.5, 0.6) is 0 Å². The molecular formula is C25H29N3O4. The van der Waals surface area contributed by atoms with Crippen molar-refractivity contribution in [2.45, 2.75) is 57.2 Å². The third kappa shape index (κ3) is 3.65. The molecule has 3 atom stereocenters. The second kappa shape index (κ2) is 8.56. The van der Waals surface area contributed by atoms with Gasteiger partial charge in [-0.1, -0.05) is 30.3 Å². The van der Waals surface area contributed by atoms with Crippen LogP contribution in [0.2, 0.25) is 0 Å². The summed E-state index contributed by atoms with van der Waals surface area (Å²) in [7, 11) is 0. The third-order valence-corrected chi connectivity index (χ3v) is 6.85. The Labute approximate surface area is 187 Å². The van der Waals surface area contributed by atoms with Crippen molar-refractivity contribution in [1.82, 2.24) is 9.55 Å². The van der Waals surface area contributed by atoms with Crippen LogP contribution in [0.3, 0.4) is 0 Å². The third-order valence-electron chi connectivity index (χ3n) is 6.85. The highest BCUT2D eigenvalue weighted by Gasteiger charge is 2.32. The van der Waals surface area contributed by atoms with E-state index >= 15 is 0 Å². The minimum absolute atomic E-state index is 0.0466. The molecule has 7 heteroatoms. The Morgan fingerprint density at radius 2 is 1.97 bits per heavy atom. The summed E-state index contributed by atoms with van der Waals surface area (Å²) in [6, 6.07) is 14.3. The maximum absolute atomic E-state index is 11.9. The summed E-state index contributed by atoms with van der Waals surface area (Å²) in [5.74, 6) is 0.969. The number of hydrogen-bond acceptors (Lipinski definition) is 4. The molecule has 3 aromatic rings. The summed E-state index contributed by atoms with van der Waals surface area (Å²) in [6.45, 7) is 2.54. The van der Waals surface area contributed by atoms with Gasteiger partial charge in [0, 0.05) is 18.0 Å². The molecule has 0 spiro atoms. The molecule has 0 radical (unpaired) electrons. The topological polar surface area (TPSA) is 87.8 Å². The van der Waals surface area contributed by atoms with Gasteiger partial charge in [0.15, 0.2) is 0 Å². The van der Waals surface area contributed by atoms with Gasteiger partial charge < -0.3 is 19.5 Å². The molecule has 2 aliphatic heterocycles. The molecule has 168 valence electrons. The second-order valence-corrected chi connectivity index (χ2v) is 8.90. The number of ether oxygens (including phenoxy) is 1. The number of benzene rings is 2. The van der Waals surface area contributed by atoms with Crippen LogP contribution in [0.1, 0.15) is 49.2 Å². The standard InChI is InChI=1S/C25H29N3O4/c1-16-7-10-20-21(27(16)25(30)31)11-12-22-24(20)26-23(13-17-5-3-2-4-6-17)28(22)18-8-9-19(14-29)32-15-18/h2-6,11-12,16,18-19,29H,7-10,13-15H2,1H3,(H,30,31)/t16?,18-,19+/m1/s1. The highest BCUT2D eigenvalue weighted by Crippen LogP contribution is 2.38. The van der Waals surface area contributed by atoms with Crippen LogP contribution in [-0.4, -0.2) is 51.2 Å². The van der Waals surface area contributed by atoms with Crippen molar-refractivity contribution in [1.29, 1.82) is 0 Å². The molecule has 2 aliphatic rings. The molecule has 0 saturated carbocycles. The number of anilines is 1. The predicted octanol–water partition coefficient (Wildman–Crippen LogP) is 4.16. The minimum atomic E-state index is -0.919. The lowest BCUT2D eigenvalue weighted by atomic mass is 9.95. The number of amides is 1. The van der Waals surface area contributed by atoms with Gasteiger partial charge >= 0.3 is 6.09 Å². The SMILES string of the molecule is CC1CCc2c(ccc3c2nc(Cc2ccccc2)n3[C@@H]2CC[C@@H](CO)OC2)N1C(=O)O. The van der Waals surface area contributed by atoms with Crippen LogP contribution < -0.4 is 4.90 Å². The van der Waals surface area contributed by atoms with Crippen LogP contribution in [-0.2, 0) is 17.6 Å². The molecule has 0 aliphatic carbocycles. The number of hydrogen-bond donors (Lipinski definition) is 2. The van der Waals surface area contributed by atoms with Gasteiger partial charge in [0.1, 0.15) is 5.82 Å². The molecule has 3 heterocycles. The van der Waals surface area contributed by atoms with E-state index < -0.39 is 6.09 Å². The van der Waals surface area contributed by atoms with Crippen LogP contribution in [0.15, 0.2) is 42.5 Å². The summed E-state index contributed by atoms with van der Waals surface area (Å²) in [6.07, 6.45) is 2.99. The van der Waals surface area contributed by atoms with Gasteiger partial charge in [-0.3, -0.25) is 4.90 Å². The zero-order chi connectivity index (χ0) is 22.2. The van der Waals surface area contributed by atoms with E-state index in [2.05, 4.69) is 16.7 Å². The van der Waals surface area contributed by atoms with Gasteiger partial charge in [0.05, 0.1) is 42.1 Å². The normalized spacial score (nSPS) is 23.3. The quantitative estimate of drug-likeness (QED) is 0.643. The van der Waals surface area contributed by atoms with E-state index in [0.717, 1.165) is 53.8 Å². The number of aliphatic hydroxyl groups excluding tert-OH is 1. The molecular weight excluding hydrogens is 406 g/mol. The Hall–Kier alpha value is -2.90. The van der Waals surface area contributed by atoms with E-state index in [-0.39, 0.29) is 24.8 Å². The Morgan fingerprint density at radius 1 is 1.16 bits per heavy atom. The number of aliphatic hydroxyl groups is 1. The molecule has 1 unspecified atom stereocenters. The van der Waals surface area contributed by atoms with E-state index in [0.29, 0.717) is 13.0 Å². The Balaban J connectivity index is 1.63. The first-order valence-corrected chi connectivity index (χ1v) is 11.4. The van der Waals surface area contributed by atoms with Gasteiger partial charge in [0.2, 0.25) is 0 Å². The molecule has 1 amide bonds. The molecule has 5 rings (SSSR count). The van der Waals surface area contributed by atoms with Crippen LogP contribution in [0.25, 0.3) is 11.0 Å². The van der Waals surface area contributed by atoms with Crippen molar-refractivity contribution in [3.8, 4) is 0 Å². The van der Waals surface area contributed by atoms with E-state index in [1.807, 2.05) is 37.3 Å². The second-order valence-electron chi connectivity index (χ2n) is 8.90. The lowest BCUT2D eigenvalue weighted by Crippen LogP contribution is -2.41. The fourth-order valence-corrected chi connectivity index (χ4v) is 5.19. The van der Waals surface area contributed by atoms with E-state index in [1.165, 1.54) is 10.5 Å².